The smallest absolute Gasteiger partial charge is 0.303 e. The molecule has 1 heterocycles. The number of hydrogen-bond donors (Lipinski definition) is 2. The quantitative estimate of drug-likeness (QED) is 0.0499. The minimum absolute atomic E-state index is 0.0150. The molecule has 0 saturated heterocycles. The maximum Gasteiger partial charge on any atom is 0.303 e. The van der Waals surface area contributed by atoms with Crippen LogP contribution in [0, 0.1) is 0 Å². The molecule has 55 heavy (non-hydrogen) atoms. The maximum absolute atomic E-state index is 12.2. The zero-order valence-electron chi connectivity index (χ0n) is 30.5. The Labute approximate surface area is 325 Å². The van der Waals surface area contributed by atoms with E-state index in [1.807, 2.05) is 109 Å². The third-order valence-corrected chi connectivity index (χ3v) is 11.0. The molecule has 0 radical (unpaired) electrons. The van der Waals surface area contributed by atoms with Gasteiger partial charge in [0.2, 0.25) is 0 Å². The lowest BCUT2D eigenvalue weighted by atomic mass is 9.65. The van der Waals surface area contributed by atoms with Crippen molar-refractivity contribution >= 4 is 28.0 Å². The van der Waals surface area contributed by atoms with E-state index in [9.17, 15) is 4.79 Å². The molecule has 7 aromatic rings. The van der Waals surface area contributed by atoms with Crippen LogP contribution in [-0.2, 0) is 25.2 Å². The van der Waals surface area contributed by atoms with E-state index < -0.39 is 22.8 Å². The van der Waals surface area contributed by atoms with Crippen molar-refractivity contribution in [2.45, 2.75) is 23.8 Å². The Bertz CT molecular complexity index is 2130. The maximum atomic E-state index is 12.2. The molecule has 0 saturated carbocycles. The number of benzene rings is 6. The van der Waals surface area contributed by atoms with Crippen molar-refractivity contribution in [2.24, 2.45) is 10.9 Å². The zero-order chi connectivity index (χ0) is 38.1. The van der Waals surface area contributed by atoms with Crippen LogP contribution in [0.15, 0.2) is 187 Å². The van der Waals surface area contributed by atoms with Gasteiger partial charge in [-0.3, -0.25) is 4.79 Å². The number of rotatable bonds is 14. The Hall–Kier alpha value is -6.35. The number of thiazole rings is 1. The third kappa shape index (κ3) is 7.30. The minimum Gasteiger partial charge on any atom is -0.459 e. The molecule has 1 unspecified atom stereocenters. The molecule has 0 aliphatic heterocycles. The lowest BCUT2D eigenvalue weighted by Gasteiger charge is -2.40. The predicted molar refractivity (Wildman–Crippen MR) is 221 cm³/mol. The van der Waals surface area contributed by atoms with Gasteiger partial charge in [-0.2, -0.15) is 0 Å². The zero-order valence-corrected chi connectivity index (χ0v) is 31.3. The summed E-state index contributed by atoms with van der Waals surface area (Å²) in [7, 11) is 0. The first-order valence-electron chi connectivity index (χ1n) is 18.1. The van der Waals surface area contributed by atoms with Crippen molar-refractivity contribution in [2.75, 3.05) is 18.9 Å². The summed E-state index contributed by atoms with van der Waals surface area (Å²) >= 11 is 1.37. The highest BCUT2D eigenvalue weighted by atomic mass is 32.1. The minimum atomic E-state index is -0.822. The van der Waals surface area contributed by atoms with Crippen LogP contribution in [-0.4, -0.2) is 35.9 Å². The van der Waals surface area contributed by atoms with Crippen LogP contribution in [0.4, 0.5) is 5.00 Å². The largest absolute Gasteiger partial charge is 0.459 e. The highest BCUT2D eigenvalue weighted by Crippen LogP contribution is 2.48. The second-order valence-corrected chi connectivity index (χ2v) is 14.2. The van der Waals surface area contributed by atoms with Crippen molar-refractivity contribution in [3.8, 4) is 0 Å². The van der Waals surface area contributed by atoms with Crippen LogP contribution >= 0.6 is 11.3 Å². The topological polar surface area (TPSA) is 113 Å². The number of esters is 1. The number of nitrogen functional groups attached to an aromatic ring is 1. The number of anilines is 1. The van der Waals surface area contributed by atoms with Gasteiger partial charge in [-0.05, 0) is 33.4 Å². The van der Waals surface area contributed by atoms with Gasteiger partial charge in [0.05, 0.1) is 16.9 Å². The van der Waals surface area contributed by atoms with Crippen LogP contribution in [0.2, 0.25) is 0 Å². The molecule has 0 spiro atoms. The number of nitrogens with two attached hydrogens (primary N) is 2. The summed E-state index contributed by atoms with van der Waals surface area (Å²) in [6.07, 6.45) is 0. The second kappa shape index (κ2) is 16.8. The Morgan fingerprint density at radius 3 is 1.36 bits per heavy atom. The van der Waals surface area contributed by atoms with Gasteiger partial charge in [0.1, 0.15) is 34.6 Å². The van der Waals surface area contributed by atoms with Crippen molar-refractivity contribution in [3.63, 3.8) is 0 Å². The molecule has 0 amide bonds. The number of carbonyl (C=O) groups is 1. The first kappa shape index (κ1) is 37.0. The van der Waals surface area contributed by atoms with E-state index in [0.29, 0.717) is 10.7 Å². The van der Waals surface area contributed by atoms with Gasteiger partial charge >= 0.3 is 5.97 Å². The van der Waals surface area contributed by atoms with Crippen molar-refractivity contribution in [3.05, 3.63) is 226 Å². The summed E-state index contributed by atoms with van der Waals surface area (Å²) in [6, 6.07) is 60.8. The van der Waals surface area contributed by atoms with Crippen LogP contribution in [0.5, 0.6) is 0 Å². The molecule has 4 N–H and O–H groups in total. The number of hydrogen-bond acceptors (Lipinski definition) is 8. The second-order valence-electron chi connectivity index (χ2n) is 13.2. The van der Waals surface area contributed by atoms with Crippen molar-refractivity contribution < 1.29 is 14.4 Å². The molecule has 274 valence electrons. The molecule has 7 nitrogen and oxygen atoms in total. The van der Waals surface area contributed by atoms with Gasteiger partial charge in [0, 0.05) is 6.92 Å². The lowest BCUT2D eigenvalue weighted by molar-refractivity contribution is -0.139. The summed E-state index contributed by atoms with van der Waals surface area (Å²) in [4.78, 5) is 23.6. The van der Waals surface area contributed by atoms with Crippen molar-refractivity contribution in [1.29, 1.82) is 0 Å². The molecule has 0 bridgehead atoms. The van der Waals surface area contributed by atoms with Gasteiger partial charge in [-0.25, -0.2) is 4.98 Å². The molecule has 1 aromatic heterocycles. The van der Waals surface area contributed by atoms with E-state index in [2.05, 4.69) is 78.0 Å². The molecule has 0 fully saturated rings. The van der Waals surface area contributed by atoms with Crippen molar-refractivity contribution in [1.82, 2.24) is 4.98 Å². The average Bonchev–Trinajstić information content (AvgIpc) is 3.63. The van der Waals surface area contributed by atoms with Gasteiger partial charge in [0.15, 0.2) is 0 Å². The highest BCUT2D eigenvalue weighted by Gasteiger charge is 2.44. The molecule has 6 aromatic carbocycles. The fraction of sp³-hybridized carbons (Fsp3) is 0.128. The Kier molecular flexibility index (Phi) is 11.3. The summed E-state index contributed by atoms with van der Waals surface area (Å²) < 4.78 is 5.52. The molecular weight excluding hydrogens is 701 g/mol. The van der Waals surface area contributed by atoms with Crippen LogP contribution in [0.25, 0.3) is 0 Å². The van der Waals surface area contributed by atoms with Gasteiger partial charge in [-0.1, -0.05) is 198 Å². The molecule has 7 rings (SSSR count). The molecule has 0 aliphatic carbocycles. The predicted octanol–water partition coefficient (Wildman–Crippen LogP) is 8.75. The molecule has 1 atom stereocenters. The molecule has 0 aliphatic rings. The molecular formula is C47H42N4O3S. The lowest BCUT2D eigenvalue weighted by Crippen LogP contribution is -2.50. The number of nitrogens with zero attached hydrogens (tertiary/aromatic N) is 2. The Morgan fingerprint density at radius 2 is 1.00 bits per heavy atom. The van der Waals surface area contributed by atoms with E-state index in [0.717, 1.165) is 38.4 Å². The Balaban J connectivity index is 1.32. The van der Waals surface area contributed by atoms with E-state index in [1.54, 1.807) is 0 Å². The molecule has 8 heteroatoms. The monoisotopic (exact) mass is 742 g/mol. The Morgan fingerprint density at radius 1 is 0.636 bits per heavy atom. The van der Waals surface area contributed by atoms with Gasteiger partial charge < -0.3 is 21.0 Å². The number of oxime groups is 1. The van der Waals surface area contributed by atoms with E-state index in [-0.39, 0.29) is 18.9 Å². The number of carbonyl (C=O) groups excluding carboxylic acids is 1. The van der Waals surface area contributed by atoms with Crippen LogP contribution in [0.1, 0.15) is 51.0 Å². The highest BCUT2D eigenvalue weighted by molar-refractivity contribution is 7.16. The fourth-order valence-electron chi connectivity index (χ4n) is 7.51. The number of aromatic nitrogens is 1. The van der Waals surface area contributed by atoms with Crippen LogP contribution < -0.4 is 11.5 Å². The fourth-order valence-corrected chi connectivity index (χ4v) is 8.62. The summed E-state index contributed by atoms with van der Waals surface area (Å²) in [5, 5.41) is 5.74. The normalized spacial score (nSPS) is 12.5. The number of ether oxygens (including phenoxy) is 1. The van der Waals surface area contributed by atoms with E-state index in [1.165, 1.54) is 18.3 Å². The summed E-state index contributed by atoms with van der Waals surface area (Å²) in [5.74, 6) is -0.470. The SMILES string of the molecule is CC(=O)OCC(=NOCC(N)C(c1ccccc1)(c1ccccc1)c1ccccc1)c1nc(C(c2ccccc2)(c2ccccc2)c2ccccc2)sc1N. The summed E-state index contributed by atoms with van der Waals surface area (Å²) in [6.45, 7) is 1.17. The first-order chi connectivity index (χ1) is 27.0. The first-order valence-corrected chi connectivity index (χ1v) is 19.0. The van der Waals surface area contributed by atoms with Gasteiger partial charge in [-0.15, -0.1) is 0 Å². The standard InChI is InChI=1S/C47H42N4O3S/c1-34(52)53-32-41(51-54-33-42(48)46(35-20-8-2-9-21-35,36-22-10-3-11-23-36)37-24-12-4-13-25-37)43-44(49)55-45(50-43)47(38-26-14-5-15-27-38,39-28-16-6-17-29-39)40-30-18-7-19-31-40/h2-31,42H,32-33,48-49H2,1H3. The van der Waals surface area contributed by atoms with Gasteiger partial charge in [0.25, 0.3) is 0 Å². The van der Waals surface area contributed by atoms with E-state index >= 15 is 0 Å². The average molecular weight is 743 g/mol. The summed E-state index contributed by atoms with van der Waals surface area (Å²) in [5.41, 5.74) is 19.3. The van der Waals surface area contributed by atoms with E-state index in [4.69, 9.17) is 26.0 Å². The van der Waals surface area contributed by atoms with Crippen LogP contribution in [0.3, 0.4) is 0 Å². The third-order valence-electron chi connectivity index (χ3n) is 9.95.